The molecule has 3 heterocycles. The highest BCUT2D eigenvalue weighted by Gasteiger charge is 2.32. The summed E-state index contributed by atoms with van der Waals surface area (Å²) in [6.07, 6.45) is 1.77. The van der Waals surface area contributed by atoms with Gasteiger partial charge in [-0.1, -0.05) is 20.8 Å². The molecule has 10 nitrogen and oxygen atoms in total. The number of hydrogen-bond donors (Lipinski definition) is 2. The lowest BCUT2D eigenvalue weighted by atomic mass is 9.94. The van der Waals surface area contributed by atoms with Gasteiger partial charge in [-0.3, -0.25) is 19.8 Å². The highest BCUT2D eigenvalue weighted by atomic mass is 32.2. The fraction of sp³-hybridized carbons (Fsp3) is 0.536. The van der Waals surface area contributed by atoms with E-state index in [1.807, 2.05) is 0 Å². The van der Waals surface area contributed by atoms with E-state index in [4.69, 9.17) is 4.74 Å². The fourth-order valence-corrected chi connectivity index (χ4v) is 8.48. The van der Waals surface area contributed by atoms with Gasteiger partial charge in [-0.05, 0) is 74.4 Å². The topological polar surface area (TPSA) is 125 Å². The number of piperidine rings is 1. The molecule has 2 atom stereocenters. The van der Waals surface area contributed by atoms with Crippen LogP contribution >= 0.6 is 11.3 Å². The van der Waals surface area contributed by atoms with Crippen LogP contribution in [0.1, 0.15) is 71.7 Å². The Hall–Kier alpha value is -2.80. The average Bonchev–Trinajstić information content (AvgIpc) is 3.25. The van der Waals surface area contributed by atoms with Crippen LogP contribution in [0, 0.1) is 11.8 Å². The molecule has 2 aromatic rings. The zero-order chi connectivity index (χ0) is 29.0. The maximum atomic E-state index is 13.2. The maximum Gasteiger partial charge on any atom is 0.414 e. The summed E-state index contributed by atoms with van der Waals surface area (Å²) >= 11 is 1.32. The van der Waals surface area contributed by atoms with Gasteiger partial charge in [0.2, 0.25) is 10.0 Å². The number of hydrogen-bond acceptors (Lipinski definition) is 8. The molecule has 2 aliphatic rings. The summed E-state index contributed by atoms with van der Waals surface area (Å²) in [6.45, 7) is 11.3. The van der Waals surface area contributed by atoms with Gasteiger partial charge in [-0.2, -0.15) is 4.31 Å². The van der Waals surface area contributed by atoms with E-state index in [1.165, 1.54) is 39.9 Å². The fourth-order valence-electron chi connectivity index (χ4n) is 5.52. The lowest BCUT2D eigenvalue weighted by Crippen LogP contribution is -2.42. The van der Waals surface area contributed by atoms with E-state index < -0.39 is 27.9 Å². The second-order valence-electron chi connectivity index (χ2n) is 10.7. The molecule has 12 heteroatoms. The first-order valence-corrected chi connectivity index (χ1v) is 16.1. The van der Waals surface area contributed by atoms with Crippen LogP contribution in [0.4, 0.5) is 9.80 Å². The summed E-state index contributed by atoms with van der Waals surface area (Å²) in [7, 11) is -3.67. The smallest absolute Gasteiger partial charge is 0.414 e. The van der Waals surface area contributed by atoms with Gasteiger partial charge >= 0.3 is 6.09 Å². The number of nitrogens with one attached hydrogen (secondary N) is 2. The van der Waals surface area contributed by atoms with Crippen LogP contribution in [0.15, 0.2) is 29.2 Å². The van der Waals surface area contributed by atoms with Crippen molar-refractivity contribution in [2.45, 2.75) is 58.4 Å². The molecular formula is C28H38N4O6S2. The molecule has 2 aliphatic heterocycles. The molecule has 1 aromatic heterocycles. The Kier molecular flexibility index (Phi) is 9.65. The van der Waals surface area contributed by atoms with Crippen LogP contribution in [-0.2, 0) is 27.7 Å². The molecule has 0 spiro atoms. The minimum atomic E-state index is -3.67. The number of thiophene rings is 1. The lowest BCUT2D eigenvalue weighted by molar-refractivity contribution is 0.0924. The van der Waals surface area contributed by atoms with Gasteiger partial charge in [0.1, 0.15) is 5.00 Å². The van der Waals surface area contributed by atoms with Crippen molar-refractivity contribution in [1.29, 1.82) is 0 Å². The van der Waals surface area contributed by atoms with E-state index in [-0.39, 0.29) is 34.5 Å². The number of alkyl carbamates (subject to hydrolysis) is 1. The molecular weight excluding hydrogens is 552 g/mol. The zero-order valence-corrected chi connectivity index (χ0v) is 25.1. The molecule has 1 aromatic carbocycles. The summed E-state index contributed by atoms with van der Waals surface area (Å²) < 4.78 is 32.9. The number of benzene rings is 1. The number of ether oxygens (including phenoxy) is 1. The normalized spacial score (nSPS) is 20.0. The molecule has 0 bridgehead atoms. The van der Waals surface area contributed by atoms with E-state index in [2.05, 4.69) is 36.3 Å². The molecule has 1 fully saturated rings. The zero-order valence-electron chi connectivity index (χ0n) is 23.5. The van der Waals surface area contributed by atoms with Crippen molar-refractivity contribution in [1.82, 2.24) is 14.5 Å². The third-order valence-electron chi connectivity index (χ3n) is 7.21. The molecule has 3 amide bonds. The van der Waals surface area contributed by atoms with Crippen molar-refractivity contribution >= 4 is 44.3 Å². The molecule has 4 rings (SSSR count). The third-order valence-corrected chi connectivity index (χ3v) is 10.2. The number of amides is 3. The minimum Gasteiger partial charge on any atom is -0.450 e. The Balaban J connectivity index is 1.56. The summed E-state index contributed by atoms with van der Waals surface area (Å²) in [5.41, 5.74) is 1.35. The molecule has 218 valence electrons. The van der Waals surface area contributed by atoms with Crippen molar-refractivity contribution in [3.63, 3.8) is 0 Å². The molecule has 1 saturated heterocycles. The van der Waals surface area contributed by atoms with Gasteiger partial charge < -0.3 is 10.1 Å². The Labute approximate surface area is 240 Å². The van der Waals surface area contributed by atoms with Crippen molar-refractivity contribution in [3.05, 3.63) is 45.8 Å². The van der Waals surface area contributed by atoms with Crippen LogP contribution in [-0.4, -0.2) is 68.3 Å². The Bertz CT molecular complexity index is 1350. The van der Waals surface area contributed by atoms with Gasteiger partial charge in [-0.15, -0.1) is 11.3 Å². The van der Waals surface area contributed by atoms with Crippen molar-refractivity contribution < 1.29 is 27.5 Å². The first-order valence-electron chi connectivity index (χ1n) is 13.8. The van der Waals surface area contributed by atoms with Crippen molar-refractivity contribution in [3.8, 4) is 0 Å². The Morgan fingerprint density at radius 3 is 2.35 bits per heavy atom. The SMILES string of the molecule is CCCN1CCc2c(sc(NC(=O)c3ccc(S(=O)(=O)N4CC(C)CC(C)C4)cc3)c2C(=O)NC(=O)OCC)C1. The van der Waals surface area contributed by atoms with E-state index in [0.29, 0.717) is 31.1 Å². The number of sulfonamides is 1. The number of anilines is 1. The van der Waals surface area contributed by atoms with Gasteiger partial charge in [-0.25, -0.2) is 13.2 Å². The summed E-state index contributed by atoms with van der Waals surface area (Å²) in [4.78, 5) is 41.7. The molecule has 40 heavy (non-hydrogen) atoms. The second-order valence-corrected chi connectivity index (χ2v) is 13.7. The van der Waals surface area contributed by atoms with E-state index in [9.17, 15) is 22.8 Å². The van der Waals surface area contributed by atoms with Crippen LogP contribution < -0.4 is 10.6 Å². The molecule has 2 unspecified atom stereocenters. The van der Waals surface area contributed by atoms with Gasteiger partial charge in [0.05, 0.1) is 17.1 Å². The molecule has 0 saturated carbocycles. The van der Waals surface area contributed by atoms with Crippen molar-refractivity contribution in [2.24, 2.45) is 11.8 Å². The van der Waals surface area contributed by atoms with Crippen LogP contribution in [0.2, 0.25) is 0 Å². The number of rotatable bonds is 8. The lowest BCUT2D eigenvalue weighted by Gasteiger charge is -2.34. The predicted octanol–water partition coefficient (Wildman–Crippen LogP) is 4.32. The number of carbonyl (C=O) groups is 3. The highest BCUT2D eigenvalue weighted by molar-refractivity contribution is 7.89. The monoisotopic (exact) mass is 590 g/mol. The van der Waals surface area contributed by atoms with Crippen LogP contribution in [0.5, 0.6) is 0 Å². The third kappa shape index (κ3) is 6.73. The predicted molar refractivity (Wildman–Crippen MR) is 154 cm³/mol. The highest BCUT2D eigenvalue weighted by Crippen LogP contribution is 2.37. The van der Waals surface area contributed by atoms with Crippen LogP contribution in [0.25, 0.3) is 0 Å². The molecule has 2 N–H and O–H groups in total. The number of fused-ring (bicyclic) bond motifs is 1. The minimum absolute atomic E-state index is 0.123. The van der Waals surface area contributed by atoms with Crippen molar-refractivity contribution in [2.75, 3.05) is 38.1 Å². The quantitative estimate of drug-likeness (QED) is 0.469. The Morgan fingerprint density at radius 1 is 1.05 bits per heavy atom. The maximum absolute atomic E-state index is 13.2. The number of nitrogens with zero attached hydrogens (tertiary/aromatic N) is 2. The first kappa shape index (κ1) is 30.2. The number of carbonyl (C=O) groups excluding carboxylic acids is 3. The molecule has 0 radical (unpaired) electrons. The standard InChI is InChI=1S/C28H38N4O6S2/c1-5-12-31-13-11-22-23(17-31)39-27(24(22)26(34)30-28(35)38-6-2)29-25(33)20-7-9-21(10-8-20)40(36,37)32-15-18(3)14-19(4)16-32/h7-10,18-19H,5-6,11-17H2,1-4H3,(H,29,33)(H,30,34,35). The Morgan fingerprint density at radius 2 is 1.73 bits per heavy atom. The van der Waals surface area contributed by atoms with Gasteiger partial charge in [0, 0.05) is 36.6 Å². The summed E-state index contributed by atoms with van der Waals surface area (Å²) in [6, 6.07) is 5.86. The summed E-state index contributed by atoms with van der Waals surface area (Å²) in [5, 5.41) is 5.44. The number of imide groups is 1. The first-order chi connectivity index (χ1) is 19.0. The van der Waals surface area contributed by atoms with Gasteiger partial charge in [0.15, 0.2) is 0 Å². The second kappa shape index (κ2) is 12.8. The summed E-state index contributed by atoms with van der Waals surface area (Å²) in [5.74, 6) is -0.533. The molecule has 0 aliphatic carbocycles. The van der Waals surface area contributed by atoms with Gasteiger partial charge in [0.25, 0.3) is 11.8 Å². The average molecular weight is 591 g/mol. The largest absolute Gasteiger partial charge is 0.450 e. The van der Waals surface area contributed by atoms with E-state index >= 15 is 0 Å². The van der Waals surface area contributed by atoms with Crippen LogP contribution in [0.3, 0.4) is 0 Å². The van der Waals surface area contributed by atoms with E-state index in [0.717, 1.165) is 36.4 Å². The van der Waals surface area contributed by atoms with E-state index in [1.54, 1.807) is 6.92 Å².